The Bertz CT molecular complexity index is 759. The molecular formula is C20H27N3O3S. The first-order chi connectivity index (χ1) is 12.8. The molecule has 2 amide bonds. The first-order valence-corrected chi connectivity index (χ1v) is 10.6. The number of rotatable bonds is 2. The van der Waals surface area contributed by atoms with Gasteiger partial charge in [-0.1, -0.05) is 32.9 Å². The van der Waals surface area contributed by atoms with Crippen molar-refractivity contribution in [3.63, 3.8) is 0 Å². The van der Waals surface area contributed by atoms with Crippen molar-refractivity contribution >= 4 is 35.1 Å². The maximum absolute atomic E-state index is 13.4. The molecule has 7 heteroatoms. The molecule has 2 fully saturated rings. The van der Waals surface area contributed by atoms with Crippen LogP contribution in [0.3, 0.4) is 0 Å². The third-order valence-corrected chi connectivity index (χ3v) is 7.31. The standard InChI is InChI=1S/C20H27N3O3S/c1-20(2,3)18-23(19(25)26)16(12-27-18)17(24)22-11-10-21(13-8-9-13)14-6-4-5-7-15(14)22/h4-7,13,16,18H,8-12H2,1-3H3,(H,25,26)/t16-,18?/m0/s1. The van der Waals surface area contributed by atoms with Crippen LogP contribution in [-0.2, 0) is 4.79 Å². The maximum Gasteiger partial charge on any atom is 0.408 e. The summed E-state index contributed by atoms with van der Waals surface area (Å²) in [5.74, 6) is 0.414. The van der Waals surface area contributed by atoms with Crippen molar-refractivity contribution in [2.75, 3.05) is 28.6 Å². The van der Waals surface area contributed by atoms with Gasteiger partial charge < -0.3 is 14.9 Å². The lowest BCUT2D eigenvalue weighted by Crippen LogP contribution is -2.55. The van der Waals surface area contributed by atoms with E-state index < -0.39 is 12.1 Å². The number of hydrogen-bond acceptors (Lipinski definition) is 4. The van der Waals surface area contributed by atoms with Gasteiger partial charge >= 0.3 is 6.09 Å². The molecule has 0 aromatic heterocycles. The van der Waals surface area contributed by atoms with Gasteiger partial charge in [0.25, 0.3) is 5.91 Å². The molecule has 3 aliphatic rings. The van der Waals surface area contributed by atoms with Crippen molar-refractivity contribution in [2.45, 2.75) is 51.1 Å². The van der Waals surface area contributed by atoms with Crippen LogP contribution in [0.4, 0.5) is 16.2 Å². The fourth-order valence-electron chi connectivity index (χ4n) is 4.16. The van der Waals surface area contributed by atoms with Crippen LogP contribution in [0.15, 0.2) is 24.3 Å². The normalized spacial score (nSPS) is 25.5. The Kier molecular flexibility index (Phi) is 4.53. The summed E-state index contributed by atoms with van der Waals surface area (Å²) in [6.45, 7) is 7.50. The average Bonchev–Trinajstić information content (AvgIpc) is 3.35. The number of nitrogens with zero attached hydrogens (tertiary/aromatic N) is 3. The van der Waals surface area contributed by atoms with Gasteiger partial charge in [0.15, 0.2) is 0 Å². The van der Waals surface area contributed by atoms with Gasteiger partial charge in [0, 0.05) is 24.9 Å². The Hall–Kier alpha value is -1.89. The maximum atomic E-state index is 13.4. The predicted octanol–water partition coefficient (Wildman–Crippen LogP) is 3.47. The Labute approximate surface area is 164 Å². The van der Waals surface area contributed by atoms with E-state index in [1.165, 1.54) is 17.7 Å². The van der Waals surface area contributed by atoms with Gasteiger partial charge in [-0.05, 0) is 30.4 Å². The molecular weight excluding hydrogens is 362 g/mol. The lowest BCUT2D eigenvalue weighted by Gasteiger charge is -2.40. The average molecular weight is 390 g/mol. The van der Waals surface area contributed by atoms with E-state index in [0.29, 0.717) is 18.3 Å². The van der Waals surface area contributed by atoms with Crippen LogP contribution < -0.4 is 9.80 Å². The first kappa shape index (κ1) is 18.5. The van der Waals surface area contributed by atoms with Crippen molar-refractivity contribution in [1.29, 1.82) is 0 Å². The van der Waals surface area contributed by atoms with E-state index in [1.54, 1.807) is 16.7 Å². The number of thioether (sulfide) groups is 1. The van der Waals surface area contributed by atoms with E-state index >= 15 is 0 Å². The number of fused-ring (bicyclic) bond motifs is 1. The van der Waals surface area contributed by atoms with E-state index in [-0.39, 0.29) is 16.7 Å². The van der Waals surface area contributed by atoms with Gasteiger partial charge in [0.05, 0.1) is 16.7 Å². The van der Waals surface area contributed by atoms with E-state index in [0.717, 1.165) is 17.9 Å². The van der Waals surface area contributed by atoms with E-state index in [4.69, 9.17) is 0 Å². The van der Waals surface area contributed by atoms with Crippen molar-refractivity contribution in [2.24, 2.45) is 5.41 Å². The molecule has 146 valence electrons. The van der Waals surface area contributed by atoms with Crippen LogP contribution in [0.5, 0.6) is 0 Å². The van der Waals surface area contributed by atoms with Crippen molar-refractivity contribution < 1.29 is 14.7 Å². The van der Waals surface area contributed by atoms with Crippen molar-refractivity contribution in [3.8, 4) is 0 Å². The fourth-order valence-corrected chi connectivity index (χ4v) is 5.72. The molecule has 2 atom stereocenters. The second kappa shape index (κ2) is 6.62. The number of para-hydroxylation sites is 2. The van der Waals surface area contributed by atoms with Crippen molar-refractivity contribution in [3.05, 3.63) is 24.3 Å². The highest BCUT2D eigenvalue weighted by molar-refractivity contribution is 8.00. The zero-order chi connectivity index (χ0) is 19.3. The topological polar surface area (TPSA) is 64.1 Å². The third-order valence-electron chi connectivity index (χ3n) is 5.55. The van der Waals surface area contributed by atoms with Gasteiger partial charge in [-0.3, -0.25) is 9.69 Å². The molecule has 0 radical (unpaired) electrons. The number of carboxylic acid groups (broad SMARTS) is 1. The number of hydrogen-bond donors (Lipinski definition) is 1. The summed E-state index contributed by atoms with van der Waals surface area (Å²) < 4.78 is 0. The lowest BCUT2D eigenvalue weighted by atomic mass is 9.95. The van der Waals surface area contributed by atoms with E-state index in [2.05, 4.69) is 11.0 Å². The molecule has 2 aliphatic heterocycles. The molecule has 1 aliphatic carbocycles. The molecule has 6 nitrogen and oxygen atoms in total. The first-order valence-electron chi connectivity index (χ1n) is 9.59. The van der Waals surface area contributed by atoms with Gasteiger partial charge in [0.1, 0.15) is 6.04 Å². The summed E-state index contributed by atoms with van der Waals surface area (Å²) in [5, 5.41) is 9.60. The number of carbonyl (C=O) groups is 2. The van der Waals surface area contributed by atoms with Crippen LogP contribution in [-0.4, -0.2) is 58.3 Å². The molecule has 1 saturated heterocycles. The summed E-state index contributed by atoms with van der Waals surface area (Å²) in [5.41, 5.74) is 1.79. The highest BCUT2D eigenvalue weighted by Gasteiger charge is 2.48. The highest BCUT2D eigenvalue weighted by Crippen LogP contribution is 2.43. The zero-order valence-corrected chi connectivity index (χ0v) is 16.9. The summed E-state index contributed by atoms with van der Waals surface area (Å²) >= 11 is 1.57. The van der Waals surface area contributed by atoms with E-state index in [9.17, 15) is 14.7 Å². The molecule has 0 bridgehead atoms. The third kappa shape index (κ3) is 3.26. The smallest absolute Gasteiger partial charge is 0.408 e. The van der Waals surface area contributed by atoms with Crippen LogP contribution in [0.2, 0.25) is 0 Å². The van der Waals surface area contributed by atoms with Crippen LogP contribution in [0.25, 0.3) is 0 Å². The fraction of sp³-hybridized carbons (Fsp3) is 0.600. The molecule has 2 heterocycles. The van der Waals surface area contributed by atoms with Gasteiger partial charge in [-0.15, -0.1) is 11.8 Å². The molecule has 27 heavy (non-hydrogen) atoms. The molecule has 1 aromatic rings. The number of anilines is 2. The molecule has 0 spiro atoms. The molecule has 4 rings (SSSR count). The van der Waals surface area contributed by atoms with Crippen LogP contribution in [0, 0.1) is 5.41 Å². The Morgan fingerprint density at radius 1 is 1.11 bits per heavy atom. The Balaban J connectivity index is 1.62. The SMILES string of the molecule is CC(C)(C)C1SC[C@@H](C(=O)N2CCN(C3CC3)c3ccccc32)N1C(=O)O. The summed E-state index contributed by atoms with van der Waals surface area (Å²) in [6.07, 6.45) is 1.41. The molecule has 1 aromatic carbocycles. The monoisotopic (exact) mass is 389 g/mol. The number of amides is 2. The van der Waals surface area contributed by atoms with Crippen molar-refractivity contribution in [1.82, 2.24) is 4.90 Å². The van der Waals surface area contributed by atoms with Crippen LogP contribution in [0.1, 0.15) is 33.6 Å². The second-order valence-corrected chi connectivity index (χ2v) is 9.77. The largest absolute Gasteiger partial charge is 0.465 e. The second-order valence-electron chi connectivity index (χ2n) is 8.66. The summed E-state index contributed by atoms with van der Waals surface area (Å²) in [4.78, 5) is 31.0. The number of carbonyl (C=O) groups excluding carboxylic acids is 1. The minimum absolute atomic E-state index is 0.0976. The highest BCUT2D eigenvalue weighted by atomic mass is 32.2. The predicted molar refractivity (Wildman–Crippen MR) is 109 cm³/mol. The van der Waals surface area contributed by atoms with E-state index in [1.807, 2.05) is 39.0 Å². The van der Waals surface area contributed by atoms with Gasteiger partial charge in [0.2, 0.25) is 0 Å². The minimum Gasteiger partial charge on any atom is -0.465 e. The molecule has 1 saturated carbocycles. The summed E-state index contributed by atoms with van der Waals surface area (Å²) in [7, 11) is 0. The molecule has 1 unspecified atom stereocenters. The number of benzene rings is 1. The van der Waals surface area contributed by atoms with Gasteiger partial charge in [-0.25, -0.2) is 4.79 Å². The zero-order valence-electron chi connectivity index (χ0n) is 16.1. The minimum atomic E-state index is -1.01. The quantitative estimate of drug-likeness (QED) is 0.839. The Morgan fingerprint density at radius 2 is 1.78 bits per heavy atom. The Morgan fingerprint density at radius 3 is 2.37 bits per heavy atom. The van der Waals surface area contributed by atoms with Gasteiger partial charge in [-0.2, -0.15) is 0 Å². The lowest BCUT2D eigenvalue weighted by molar-refractivity contribution is -0.122. The van der Waals surface area contributed by atoms with Crippen LogP contribution >= 0.6 is 11.8 Å². The summed E-state index contributed by atoms with van der Waals surface area (Å²) in [6, 6.07) is 7.97. The molecule has 1 N–H and O–H groups in total.